The Morgan fingerprint density at radius 3 is 2.60 bits per heavy atom. The Morgan fingerprint density at radius 1 is 1.07 bits per heavy atom. The molecule has 8 nitrogen and oxygen atoms in total. The molecular weight excluding hydrogens is 526 g/mol. The lowest BCUT2D eigenvalue weighted by atomic mass is 9.72. The minimum atomic E-state index is -0.254. The minimum Gasteiger partial charge on any atom is -0.457 e. The van der Waals surface area contributed by atoms with Crippen LogP contribution < -0.4 is 10.3 Å². The Hall–Kier alpha value is -3.88. The van der Waals surface area contributed by atoms with Crippen molar-refractivity contribution >= 4 is 39.3 Å². The number of H-pyrrole nitrogens is 2. The number of carbonyl (C=O) groups excluding carboxylic acids is 1. The molecule has 9 heteroatoms. The first-order valence-electron chi connectivity index (χ1n) is 13.8. The van der Waals surface area contributed by atoms with Crippen LogP contribution in [0.5, 0.6) is 11.5 Å². The fraction of sp³-hybridized carbons (Fsp3) is 0.323. The van der Waals surface area contributed by atoms with Crippen LogP contribution in [0.4, 0.5) is 0 Å². The average Bonchev–Trinajstić information content (AvgIpc) is 3.65. The fourth-order valence-electron chi connectivity index (χ4n) is 6.66. The first-order valence-corrected chi connectivity index (χ1v) is 14.1. The maximum Gasteiger partial charge on any atom is 0.276 e. The highest BCUT2D eigenvalue weighted by molar-refractivity contribution is 6.36. The van der Waals surface area contributed by atoms with Gasteiger partial charge in [0.1, 0.15) is 17.1 Å². The number of pyridine rings is 1. The van der Waals surface area contributed by atoms with E-state index in [9.17, 15) is 9.59 Å². The van der Waals surface area contributed by atoms with Gasteiger partial charge in [0.05, 0.1) is 32.9 Å². The van der Waals surface area contributed by atoms with E-state index < -0.39 is 0 Å². The summed E-state index contributed by atoms with van der Waals surface area (Å²) in [6.45, 7) is 2.29. The number of aromatic nitrogens is 4. The number of aromatic amines is 2. The first-order chi connectivity index (χ1) is 19.4. The van der Waals surface area contributed by atoms with Gasteiger partial charge >= 0.3 is 0 Å². The summed E-state index contributed by atoms with van der Waals surface area (Å²) in [7, 11) is 2.19. The molecule has 1 saturated carbocycles. The zero-order chi connectivity index (χ0) is 27.4. The third-order valence-corrected chi connectivity index (χ3v) is 9.11. The van der Waals surface area contributed by atoms with E-state index in [0.29, 0.717) is 50.0 Å². The molecule has 1 saturated heterocycles. The number of fused-ring (bicyclic) bond motifs is 3. The third-order valence-electron chi connectivity index (χ3n) is 8.80. The number of rotatable bonds is 5. The van der Waals surface area contributed by atoms with Crippen molar-refractivity contribution in [2.45, 2.75) is 38.1 Å². The van der Waals surface area contributed by atoms with Crippen LogP contribution in [0.25, 0.3) is 21.9 Å². The van der Waals surface area contributed by atoms with Crippen molar-refractivity contribution < 1.29 is 9.53 Å². The second-order valence-corrected chi connectivity index (χ2v) is 11.8. The van der Waals surface area contributed by atoms with E-state index in [1.807, 2.05) is 30.3 Å². The van der Waals surface area contributed by atoms with Crippen molar-refractivity contribution in [2.75, 3.05) is 20.1 Å². The van der Waals surface area contributed by atoms with Gasteiger partial charge in [0.2, 0.25) is 0 Å². The van der Waals surface area contributed by atoms with Gasteiger partial charge < -0.3 is 14.6 Å². The summed E-state index contributed by atoms with van der Waals surface area (Å²) in [5, 5.41) is 4.75. The standard InChI is InChI=1S/C31H30ClN5O3/c1-36-14-13-31(18-36)11-9-19(10-12-31)37-30(39)24-17-34-29-26(27(24)35-37)23(16-33-29)28(38)22-8-7-21(15-25(22)32)40-20-5-3-2-4-6-20/h2-8,15-17,19,35H,9-14,18H2,1H3,(H,33,34). The Bertz CT molecular complexity index is 1800. The quantitative estimate of drug-likeness (QED) is 0.247. The number of hydrogen-bond donors (Lipinski definition) is 2. The summed E-state index contributed by atoms with van der Waals surface area (Å²) in [4.78, 5) is 37.2. The molecule has 1 spiro atoms. The second-order valence-electron chi connectivity index (χ2n) is 11.4. The highest BCUT2D eigenvalue weighted by atomic mass is 35.5. The molecule has 0 atom stereocenters. The van der Waals surface area contributed by atoms with E-state index in [1.165, 1.54) is 6.42 Å². The van der Waals surface area contributed by atoms with E-state index in [2.05, 4.69) is 27.0 Å². The Balaban J connectivity index is 1.21. The highest BCUT2D eigenvalue weighted by Crippen LogP contribution is 2.46. The van der Waals surface area contributed by atoms with Crippen LogP contribution in [0.1, 0.15) is 54.1 Å². The number of likely N-dealkylation sites (tertiary alicyclic amines) is 1. The average molecular weight is 556 g/mol. The van der Waals surface area contributed by atoms with Crippen LogP contribution in [0.2, 0.25) is 5.02 Å². The van der Waals surface area contributed by atoms with Crippen LogP contribution in [-0.2, 0) is 0 Å². The number of benzene rings is 2. The molecule has 1 aliphatic heterocycles. The summed E-state index contributed by atoms with van der Waals surface area (Å²) in [5.74, 6) is 0.964. The number of ketones is 1. The van der Waals surface area contributed by atoms with Gasteiger partial charge in [-0.25, -0.2) is 9.67 Å². The van der Waals surface area contributed by atoms with Gasteiger partial charge in [0.25, 0.3) is 5.56 Å². The number of halogens is 1. The molecule has 0 radical (unpaired) electrons. The summed E-state index contributed by atoms with van der Waals surface area (Å²) in [6, 6.07) is 14.5. The molecule has 2 fully saturated rings. The lowest BCUT2D eigenvalue weighted by Gasteiger charge is -2.37. The maximum absolute atomic E-state index is 13.7. The number of ether oxygens (including phenoxy) is 1. The van der Waals surface area contributed by atoms with Crippen LogP contribution in [-0.4, -0.2) is 50.6 Å². The van der Waals surface area contributed by atoms with E-state index in [-0.39, 0.29) is 22.4 Å². The topological polar surface area (TPSA) is 96.0 Å². The molecular formula is C31H30ClN5O3. The number of para-hydroxylation sites is 1. The van der Waals surface area contributed by atoms with Gasteiger partial charge in [-0.15, -0.1) is 0 Å². The minimum absolute atomic E-state index is 0.0889. The van der Waals surface area contributed by atoms with E-state index in [1.54, 1.807) is 35.3 Å². The lowest BCUT2D eigenvalue weighted by molar-refractivity contribution is 0.104. The van der Waals surface area contributed by atoms with Gasteiger partial charge in [0, 0.05) is 30.6 Å². The molecule has 204 valence electrons. The van der Waals surface area contributed by atoms with E-state index in [4.69, 9.17) is 16.3 Å². The molecule has 40 heavy (non-hydrogen) atoms. The van der Waals surface area contributed by atoms with Crippen molar-refractivity contribution in [2.24, 2.45) is 5.41 Å². The molecule has 0 amide bonds. The number of hydrogen-bond acceptors (Lipinski definition) is 5. The summed E-state index contributed by atoms with van der Waals surface area (Å²) in [6.07, 6.45) is 8.63. The van der Waals surface area contributed by atoms with Gasteiger partial charge in [-0.1, -0.05) is 29.8 Å². The molecule has 2 N–H and O–H groups in total. The van der Waals surface area contributed by atoms with Crippen LogP contribution in [0.3, 0.4) is 0 Å². The van der Waals surface area contributed by atoms with Gasteiger partial charge in [-0.05, 0) is 75.4 Å². The van der Waals surface area contributed by atoms with Crippen LogP contribution in [0.15, 0.2) is 65.7 Å². The number of nitrogens with one attached hydrogen (secondary N) is 2. The number of nitrogens with zero attached hydrogens (tertiary/aromatic N) is 3. The van der Waals surface area contributed by atoms with Gasteiger partial charge in [0.15, 0.2) is 5.78 Å². The zero-order valence-electron chi connectivity index (χ0n) is 22.2. The molecule has 2 aliphatic rings. The monoisotopic (exact) mass is 555 g/mol. The Kier molecular flexibility index (Phi) is 6.05. The van der Waals surface area contributed by atoms with Crippen molar-refractivity contribution in [3.63, 3.8) is 0 Å². The molecule has 5 aromatic rings. The Labute approximate surface area is 235 Å². The molecule has 2 aromatic carbocycles. The fourth-order valence-corrected chi connectivity index (χ4v) is 6.92. The summed E-state index contributed by atoms with van der Waals surface area (Å²) < 4.78 is 7.63. The van der Waals surface area contributed by atoms with Gasteiger partial charge in [-0.2, -0.15) is 0 Å². The Morgan fingerprint density at radius 2 is 1.88 bits per heavy atom. The smallest absolute Gasteiger partial charge is 0.276 e. The SMILES string of the molecule is CN1CCC2(CCC(n3[nH]c4c(cnc5[nH]cc(C(=O)c6ccc(Oc7ccccc7)cc6Cl)c54)c3=O)CC2)C1. The maximum atomic E-state index is 13.7. The zero-order valence-corrected chi connectivity index (χ0v) is 23.0. The largest absolute Gasteiger partial charge is 0.457 e. The van der Waals surface area contributed by atoms with Crippen LogP contribution in [0, 0.1) is 5.41 Å². The van der Waals surface area contributed by atoms with Crippen molar-refractivity contribution in [3.8, 4) is 11.5 Å². The van der Waals surface area contributed by atoms with E-state index in [0.717, 1.165) is 38.8 Å². The molecule has 0 bridgehead atoms. The van der Waals surface area contributed by atoms with Crippen LogP contribution >= 0.6 is 11.6 Å². The highest BCUT2D eigenvalue weighted by Gasteiger charge is 2.40. The summed E-state index contributed by atoms with van der Waals surface area (Å²) >= 11 is 6.58. The normalized spacial score (nSPS) is 21.5. The molecule has 4 heterocycles. The van der Waals surface area contributed by atoms with Crippen molar-refractivity contribution in [3.05, 3.63) is 87.4 Å². The summed E-state index contributed by atoms with van der Waals surface area (Å²) in [5.41, 5.74) is 2.23. The van der Waals surface area contributed by atoms with Crippen molar-refractivity contribution in [1.29, 1.82) is 0 Å². The molecule has 7 rings (SSSR count). The molecule has 0 unspecified atom stereocenters. The third kappa shape index (κ3) is 4.22. The second kappa shape index (κ2) is 9.64. The first kappa shape index (κ1) is 25.1. The van der Waals surface area contributed by atoms with Gasteiger partial charge in [-0.3, -0.25) is 14.7 Å². The molecule has 1 aliphatic carbocycles. The predicted octanol–water partition coefficient (Wildman–Crippen LogP) is 6.32. The number of carbonyl (C=O) groups is 1. The van der Waals surface area contributed by atoms with Crippen molar-refractivity contribution in [1.82, 2.24) is 24.6 Å². The predicted molar refractivity (Wildman–Crippen MR) is 156 cm³/mol. The van der Waals surface area contributed by atoms with E-state index >= 15 is 0 Å². The molecule has 3 aromatic heterocycles. The lowest BCUT2D eigenvalue weighted by Crippen LogP contribution is -2.33.